The Labute approximate surface area is 88.1 Å². The molecule has 1 heterocycles. The van der Waals surface area contributed by atoms with Gasteiger partial charge in [-0.2, -0.15) is 0 Å². The van der Waals surface area contributed by atoms with E-state index < -0.39 is 6.43 Å². The average Bonchev–Trinajstić information content (AvgIpc) is 2.03. The van der Waals surface area contributed by atoms with Crippen molar-refractivity contribution in [3.63, 3.8) is 0 Å². The van der Waals surface area contributed by atoms with Gasteiger partial charge in [0.15, 0.2) is 0 Å². The van der Waals surface area contributed by atoms with E-state index in [-0.39, 0.29) is 12.3 Å². The molecule has 0 amide bonds. The van der Waals surface area contributed by atoms with Crippen LogP contribution in [0.25, 0.3) is 0 Å². The van der Waals surface area contributed by atoms with E-state index in [1.807, 2.05) is 22.6 Å². The highest BCUT2D eigenvalue weighted by Gasteiger charge is 2.14. The summed E-state index contributed by atoms with van der Waals surface area (Å²) in [5.74, 6) is 0. The SMILES string of the molecule is Cc1cc(I)c(CO)nc1C(F)F. The van der Waals surface area contributed by atoms with Gasteiger partial charge < -0.3 is 5.11 Å². The van der Waals surface area contributed by atoms with Crippen LogP contribution >= 0.6 is 22.6 Å². The fraction of sp³-hybridized carbons (Fsp3) is 0.375. The maximum atomic E-state index is 12.3. The molecular formula is C8H8F2INO. The third kappa shape index (κ3) is 2.34. The van der Waals surface area contributed by atoms with Crippen molar-refractivity contribution in [3.8, 4) is 0 Å². The van der Waals surface area contributed by atoms with Crippen molar-refractivity contribution in [1.29, 1.82) is 0 Å². The predicted octanol–water partition coefficient (Wildman–Crippen LogP) is 2.42. The first-order valence-corrected chi connectivity index (χ1v) is 4.69. The Balaban J connectivity index is 3.22. The number of pyridine rings is 1. The summed E-state index contributed by atoms with van der Waals surface area (Å²) < 4.78 is 25.4. The van der Waals surface area contributed by atoms with Crippen molar-refractivity contribution in [2.45, 2.75) is 20.0 Å². The smallest absolute Gasteiger partial charge is 0.280 e. The Hall–Kier alpha value is -0.300. The highest BCUT2D eigenvalue weighted by atomic mass is 127. The van der Waals surface area contributed by atoms with Crippen LogP contribution in [-0.2, 0) is 6.61 Å². The van der Waals surface area contributed by atoms with E-state index in [1.54, 1.807) is 13.0 Å². The lowest BCUT2D eigenvalue weighted by Crippen LogP contribution is -2.02. The summed E-state index contributed by atoms with van der Waals surface area (Å²) in [4.78, 5) is 3.68. The predicted molar refractivity (Wildman–Crippen MR) is 52.6 cm³/mol. The molecule has 0 aliphatic carbocycles. The molecule has 0 spiro atoms. The zero-order valence-corrected chi connectivity index (χ0v) is 9.05. The molecule has 0 saturated heterocycles. The van der Waals surface area contributed by atoms with Crippen LogP contribution in [0.4, 0.5) is 8.78 Å². The van der Waals surface area contributed by atoms with Crippen molar-refractivity contribution in [1.82, 2.24) is 4.98 Å². The minimum Gasteiger partial charge on any atom is -0.390 e. The van der Waals surface area contributed by atoms with Gasteiger partial charge in [0.2, 0.25) is 0 Å². The normalized spacial score (nSPS) is 10.9. The maximum absolute atomic E-state index is 12.3. The largest absolute Gasteiger partial charge is 0.390 e. The van der Waals surface area contributed by atoms with Gasteiger partial charge in [-0.05, 0) is 41.1 Å². The highest BCUT2D eigenvalue weighted by Crippen LogP contribution is 2.23. The fourth-order valence-corrected chi connectivity index (χ4v) is 1.72. The van der Waals surface area contributed by atoms with Crippen LogP contribution in [0.3, 0.4) is 0 Å². The summed E-state index contributed by atoms with van der Waals surface area (Å²) in [5, 5.41) is 8.80. The Morgan fingerprint density at radius 3 is 2.69 bits per heavy atom. The van der Waals surface area contributed by atoms with Crippen molar-refractivity contribution >= 4 is 22.6 Å². The Morgan fingerprint density at radius 2 is 2.23 bits per heavy atom. The molecule has 1 N–H and O–H groups in total. The van der Waals surface area contributed by atoms with E-state index in [4.69, 9.17) is 5.11 Å². The molecule has 1 aromatic heterocycles. The molecule has 72 valence electrons. The van der Waals surface area contributed by atoms with Gasteiger partial charge in [0, 0.05) is 3.57 Å². The number of hydrogen-bond donors (Lipinski definition) is 1. The van der Waals surface area contributed by atoms with Crippen molar-refractivity contribution in [2.24, 2.45) is 0 Å². The van der Waals surface area contributed by atoms with Crippen LogP contribution in [-0.4, -0.2) is 10.1 Å². The number of aromatic nitrogens is 1. The first-order valence-electron chi connectivity index (χ1n) is 3.61. The molecule has 1 rings (SSSR count). The molecule has 0 bridgehead atoms. The van der Waals surface area contributed by atoms with Gasteiger partial charge in [-0.3, -0.25) is 0 Å². The Bertz CT molecular complexity index is 317. The minimum atomic E-state index is -2.58. The van der Waals surface area contributed by atoms with Crippen LogP contribution in [0.1, 0.15) is 23.4 Å². The third-order valence-corrected chi connectivity index (χ3v) is 2.57. The van der Waals surface area contributed by atoms with Crippen LogP contribution < -0.4 is 0 Å². The molecule has 0 fully saturated rings. The van der Waals surface area contributed by atoms with Crippen LogP contribution in [0, 0.1) is 10.5 Å². The van der Waals surface area contributed by atoms with E-state index >= 15 is 0 Å². The van der Waals surface area contributed by atoms with Gasteiger partial charge in [-0.15, -0.1) is 0 Å². The molecule has 0 saturated carbocycles. The highest BCUT2D eigenvalue weighted by molar-refractivity contribution is 14.1. The topological polar surface area (TPSA) is 33.1 Å². The van der Waals surface area contributed by atoms with Crippen molar-refractivity contribution in [3.05, 3.63) is 26.6 Å². The molecule has 13 heavy (non-hydrogen) atoms. The second-order valence-corrected chi connectivity index (χ2v) is 3.74. The minimum absolute atomic E-state index is 0.246. The molecule has 5 heteroatoms. The quantitative estimate of drug-likeness (QED) is 0.851. The van der Waals surface area contributed by atoms with E-state index in [0.29, 0.717) is 14.8 Å². The summed E-state index contributed by atoms with van der Waals surface area (Å²) in [7, 11) is 0. The molecule has 0 unspecified atom stereocenters. The van der Waals surface area contributed by atoms with Crippen molar-refractivity contribution in [2.75, 3.05) is 0 Å². The van der Waals surface area contributed by atoms with Crippen LogP contribution in [0.15, 0.2) is 6.07 Å². The number of alkyl halides is 2. The van der Waals surface area contributed by atoms with Gasteiger partial charge in [-0.1, -0.05) is 0 Å². The van der Waals surface area contributed by atoms with Gasteiger partial charge in [0.05, 0.1) is 12.3 Å². The molecule has 2 nitrogen and oxygen atoms in total. The molecule has 0 aliphatic rings. The fourth-order valence-electron chi connectivity index (χ4n) is 0.966. The standard InChI is InChI=1S/C8H8F2INO/c1-4-2-5(11)6(3-13)12-7(4)8(9)10/h2,8,13H,3H2,1H3. The van der Waals surface area contributed by atoms with Gasteiger partial charge >= 0.3 is 0 Å². The maximum Gasteiger partial charge on any atom is 0.280 e. The summed E-state index contributed by atoms with van der Waals surface area (Å²) in [6.07, 6.45) is -2.58. The number of aliphatic hydroxyl groups excluding tert-OH is 1. The number of nitrogens with zero attached hydrogens (tertiary/aromatic N) is 1. The van der Waals surface area contributed by atoms with E-state index in [9.17, 15) is 8.78 Å². The number of rotatable bonds is 2. The molecule has 0 aliphatic heterocycles. The Morgan fingerprint density at radius 1 is 1.62 bits per heavy atom. The zero-order valence-electron chi connectivity index (χ0n) is 6.89. The average molecular weight is 299 g/mol. The van der Waals surface area contributed by atoms with E-state index in [2.05, 4.69) is 4.98 Å². The zero-order chi connectivity index (χ0) is 10.0. The number of aryl methyl sites for hydroxylation is 1. The summed E-state index contributed by atoms with van der Waals surface area (Å²) >= 11 is 1.96. The molecular weight excluding hydrogens is 291 g/mol. The lowest BCUT2D eigenvalue weighted by molar-refractivity contribution is 0.144. The van der Waals surface area contributed by atoms with Gasteiger partial charge in [0.1, 0.15) is 5.69 Å². The third-order valence-electron chi connectivity index (χ3n) is 1.63. The summed E-state index contributed by atoms with van der Waals surface area (Å²) in [6.45, 7) is 1.27. The van der Waals surface area contributed by atoms with E-state index in [1.165, 1.54) is 0 Å². The van der Waals surface area contributed by atoms with Gasteiger partial charge in [-0.25, -0.2) is 13.8 Å². The molecule has 1 aromatic rings. The molecule has 0 atom stereocenters. The first kappa shape index (κ1) is 10.8. The van der Waals surface area contributed by atoms with Crippen LogP contribution in [0.5, 0.6) is 0 Å². The number of hydrogen-bond acceptors (Lipinski definition) is 2. The molecule has 0 radical (unpaired) electrons. The Kier molecular flexibility index (Phi) is 3.55. The second-order valence-electron chi connectivity index (χ2n) is 2.58. The molecule has 0 aromatic carbocycles. The summed E-state index contributed by atoms with van der Waals surface area (Å²) in [5.41, 5.74) is 0.516. The van der Waals surface area contributed by atoms with Gasteiger partial charge in [0.25, 0.3) is 6.43 Å². The lowest BCUT2D eigenvalue weighted by Gasteiger charge is -2.07. The number of halogens is 3. The van der Waals surface area contributed by atoms with E-state index in [0.717, 1.165) is 0 Å². The van der Waals surface area contributed by atoms with Crippen molar-refractivity contribution < 1.29 is 13.9 Å². The second kappa shape index (κ2) is 4.28. The number of aliphatic hydroxyl groups is 1. The monoisotopic (exact) mass is 299 g/mol. The lowest BCUT2D eigenvalue weighted by atomic mass is 10.2. The summed E-state index contributed by atoms with van der Waals surface area (Å²) in [6, 6.07) is 1.60. The first-order chi connectivity index (χ1) is 6.06. The van der Waals surface area contributed by atoms with Crippen LogP contribution in [0.2, 0.25) is 0 Å².